The molecule has 8 heteroatoms. The summed E-state index contributed by atoms with van der Waals surface area (Å²) < 4.78 is 28.2. The second kappa shape index (κ2) is 5.77. The van der Waals surface area contributed by atoms with Crippen LogP contribution in [-0.2, 0) is 15.0 Å². The topological polar surface area (TPSA) is 86.7 Å². The molecule has 0 spiro atoms. The van der Waals surface area contributed by atoms with Crippen molar-refractivity contribution < 1.29 is 18.3 Å². The second-order valence-electron chi connectivity index (χ2n) is 4.69. The fraction of sp³-hybridized carbons (Fsp3) is 0.900. The van der Waals surface area contributed by atoms with E-state index in [1.54, 1.807) is 11.8 Å². The number of aliphatic carboxylic acids is 1. The molecule has 2 rings (SSSR count). The van der Waals surface area contributed by atoms with Crippen LogP contribution in [0.25, 0.3) is 0 Å². The number of rotatable bonds is 4. The summed E-state index contributed by atoms with van der Waals surface area (Å²) in [6.45, 7) is 0.596. The van der Waals surface area contributed by atoms with Crippen LogP contribution in [0.15, 0.2) is 0 Å². The van der Waals surface area contributed by atoms with E-state index in [0.717, 1.165) is 17.9 Å². The van der Waals surface area contributed by atoms with Crippen molar-refractivity contribution in [3.63, 3.8) is 0 Å². The van der Waals surface area contributed by atoms with E-state index >= 15 is 0 Å². The molecule has 6 nitrogen and oxygen atoms in total. The van der Waals surface area contributed by atoms with Gasteiger partial charge in [-0.2, -0.15) is 29.2 Å². The molecule has 2 aliphatic rings. The number of piperidine rings is 1. The third-order valence-electron chi connectivity index (χ3n) is 3.39. The monoisotopic (exact) mass is 294 g/mol. The Hall–Kier alpha value is -0.310. The van der Waals surface area contributed by atoms with E-state index in [0.29, 0.717) is 25.9 Å². The summed E-state index contributed by atoms with van der Waals surface area (Å²) in [6, 6.07) is 0.0252. The first-order valence-electron chi connectivity index (χ1n) is 6.07. The average Bonchev–Trinajstić information content (AvgIpc) is 2.81. The van der Waals surface area contributed by atoms with Crippen LogP contribution in [0, 0.1) is 5.92 Å². The first kappa shape index (κ1) is 14.1. The third kappa shape index (κ3) is 3.37. The van der Waals surface area contributed by atoms with Gasteiger partial charge >= 0.3 is 5.97 Å². The molecule has 0 aromatic rings. The Morgan fingerprint density at radius 3 is 2.44 bits per heavy atom. The molecule has 1 atom stereocenters. The molecule has 2 heterocycles. The lowest BCUT2D eigenvalue weighted by Crippen LogP contribution is -2.48. The maximum Gasteiger partial charge on any atom is 0.306 e. The summed E-state index contributed by atoms with van der Waals surface area (Å²) in [5.74, 6) is 0.588. The summed E-state index contributed by atoms with van der Waals surface area (Å²) in [6.07, 6.45) is 1.67. The standard InChI is InChI=1S/C10H18N2O4S2/c13-10(14)8-1-4-12(5-2-8)18(15,16)11-9-3-6-17-7-9/h8-9,11H,1-7H2,(H,13,14). The molecule has 1 unspecified atom stereocenters. The third-order valence-corrected chi connectivity index (χ3v) is 6.23. The molecule has 0 aromatic heterocycles. The Balaban J connectivity index is 1.89. The molecule has 2 N–H and O–H groups in total. The number of nitrogens with one attached hydrogen (secondary N) is 1. The Bertz CT molecular complexity index is 398. The lowest BCUT2D eigenvalue weighted by atomic mass is 9.99. The predicted octanol–water partition coefficient (Wildman–Crippen LogP) is 0.123. The van der Waals surface area contributed by atoms with Gasteiger partial charge in [-0.3, -0.25) is 4.79 Å². The lowest BCUT2D eigenvalue weighted by molar-refractivity contribution is -0.142. The van der Waals surface area contributed by atoms with Crippen LogP contribution < -0.4 is 4.72 Å². The molecule has 0 aromatic carbocycles. The van der Waals surface area contributed by atoms with Crippen LogP contribution in [0.5, 0.6) is 0 Å². The van der Waals surface area contributed by atoms with Crippen molar-refractivity contribution in [3.05, 3.63) is 0 Å². The summed E-state index contributed by atoms with van der Waals surface area (Å²) >= 11 is 1.75. The van der Waals surface area contributed by atoms with Crippen molar-refractivity contribution in [1.29, 1.82) is 0 Å². The first-order chi connectivity index (χ1) is 8.49. The van der Waals surface area contributed by atoms with Gasteiger partial charge in [-0.25, -0.2) is 0 Å². The van der Waals surface area contributed by atoms with Gasteiger partial charge in [-0.15, -0.1) is 0 Å². The number of nitrogens with zero attached hydrogens (tertiary/aromatic N) is 1. The Morgan fingerprint density at radius 2 is 1.94 bits per heavy atom. The highest BCUT2D eigenvalue weighted by Crippen LogP contribution is 2.22. The van der Waals surface area contributed by atoms with Crippen LogP contribution in [0.1, 0.15) is 19.3 Å². The second-order valence-corrected chi connectivity index (χ2v) is 7.55. The number of hydrogen-bond donors (Lipinski definition) is 2. The minimum atomic E-state index is -3.44. The van der Waals surface area contributed by atoms with Gasteiger partial charge in [-0.1, -0.05) is 0 Å². The van der Waals surface area contributed by atoms with Gasteiger partial charge in [0.2, 0.25) is 0 Å². The van der Waals surface area contributed by atoms with Crippen LogP contribution in [0.2, 0.25) is 0 Å². The quantitative estimate of drug-likeness (QED) is 0.769. The van der Waals surface area contributed by atoms with Crippen LogP contribution in [0.4, 0.5) is 0 Å². The van der Waals surface area contributed by atoms with Crippen molar-refractivity contribution in [1.82, 2.24) is 9.03 Å². The van der Waals surface area contributed by atoms with E-state index < -0.39 is 22.1 Å². The predicted molar refractivity (Wildman–Crippen MR) is 69.7 cm³/mol. The van der Waals surface area contributed by atoms with Crippen molar-refractivity contribution >= 4 is 27.9 Å². The van der Waals surface area contributed by atoms with Gasteiger partial charge in [-0.05, 0) is 25.0 Å². The summed E-state index contributed by atoms with van der Waals surface area (Å²) in [4.78, 5) is 10.8. The summed E-state index contributed by atoms with van der Waals surface area (Å²) in [7, 11) is -3.44. The van der Waals surface area contributed by atoms with Gasteiger partial charge < -0.3 is 5.11 Å². The van der Waals surface area contributed by atoms with Gasteiger partial charge in [0.1, 0.15) is 0 Å². The molecule has 2 saturated heterocycles. The Labute approximate surface area is 111 Å². The zero-order valence-corrected chi connectivity index (χ0v) is 11.7. The molecule has 2 aliphatic heterocycles. The Morgan fingerprint density at radius 1 is 1.28 bits per heavy atom. The zero-order valence-electron chi connectivity index (χ0n) is 10.0. The van der Waals surface area contributed by atoms with E-state index in [4.69, 9.17) is 5.11 Å². The van der Waals surface area contributed by atoms with Crippen LogP contribution in [0.3, 0.4) is 0 Å². The largest absolute Gasteiger partial charge is 0.481 e. The molecule has 18 heavy (non-hydrogen) atoms. The molecule has 0 saturated carbocycles. The van der Waals surface area contributed by atoms with Crippen molar-refractivity contribution in [2.45, 2.75) is 25.3 Å². The highest BCUT2D eigenvalue weighted by Gasteiger charge is 2.32. The average molecular weight is 294 g/mol. The minimum absolute atomic E-state index is 0.0252. The van der Waals surface area contributed by atoms with E-state index in [1.165, 1.54) is 4.31 Å². The van der Waals surface area contributed by atoms with Crippen molar-refractivity contribution in [3.8, 4) is 0 Å². The maximum atomic E-state index is 12.1. The van der Waals surface area contributed by atoms with E-state index in [-0.39, 0.29) is 6.04 Å². The fourth-order valence-corrected chi connectivity index (χ4v) is 4.98. The number of thioether (sulfide) groups is 1. The molecule has 0 amide bonds. The van der Waals surface area contributed by atoms with Crippen molar-refractivity contribution in [2.24, 2.45) is 5.92 Å². The Kier molecular flexibility index (Phi) is 4.52. The lowest BCUT2D eigenvalue weighted by Gasteiger charge is -2.30. The number of carboxylic acids is 1. The minimum Gasteiger partial charge on any atom is -0.481 e. The smallest absolute Gasteiger partial charge is 0.306 e. The van der Waals surface area contributed by atoms with Gasteiger partial charge in [0, 0.05) is 24.9 Å². The fourth-order valence-electron chi connectivity index (χ4n) is 2.26. The number of hydrogen-bond acceptors (Lipinski definition) is 4. The molecular weight excluding hydrogens is 276 g/mol. The highest BCUT2D eigenvalue weighted by atomic mass is 32.2. The first-order valence-corrected chi connectivity index (χ1v) is 8.66. The normalized spacial score (nSPS) is 27.4. The maximum absolute atomic E-state index is 12.1. The van der Waals surface area contributed by atoms with E-state index in [9.17, 15) is 13.2 Å². The SMILES string of the molecule is O=C(O)C1CCN(S(=O)(=O)NC2CCSC2)CC1. The molecule has 2 fully saturated rings. The summed E-state index contributed by atoms with van der Waals surface area (Å²) in [5, 5.41) is 8.87. The molecule has 104 valence electrons. The molecule has 0 bridgehead atoms. The van der Waals surface area contributed by atoms with Crippen LogP contribution >= 0.6 is 11.8 Å². The van der Waals surface area contributed by atoms with Gasteiger partial charge in [0.25, 0.3) is 10.2 Å². The molecule has 0 aliphatic carbocycles. The summed E-state index contributed by atoms with van der Waals surface area (Å²) in [5.41, 5.74) is 0. The van der Waals surface area contributed by atoms with Gasteiger partial charge in [0.15, 0.2) is 0 Å². The van der Waals surface area contributed by atoms with E-state index in [2.05, 4.69) is 4.72 Å². The zero-order chi connectivity index (χ0) is 13.2. The van der Waals surface area contributed by atoms with Crippen LogP contribution in [-0.4, -0.2) is 54.4 Å². The highest BCUT2D eigenvalue weighted by molar-refractivity contribution is 7.99. The number of carbonyl (C=O) groups is 1. The molecule has 0 radical (unpaired) electrons. The van der Waals surface area contributed by atoms with E-state index in [1.807, 2.05) is 0 Å². The van der Waals surface area contributed by atoms with Crippen molar-refractivity contribution in [2.75, 3.05) is 24.6 Å². The van der Waals surface area contributed by atoms with Gasteiger partial charge in [0.05, 0.1) is 5.92 Å². The molecular formula is C10H18N2O4S2. The number of carboxylic acid groups (broad SMARTS) is 1.